The lowest BCUT2D eigenvalue weighted by Gasteiger charge is -1.94. The minimum Gasteiger partial charge on any atom is -0.368 e. The maximum atomic E-state index is 5.38. The number of aromatic nitrogens is 1. The van der Waals surface area contributed by atoms with Crippen molar-refractivity contribution in [2.45, 2.75) is 39.0 Å². The predicted octanol–water partition coefficient (Wildman–Crippen LogP) is 2.38. The first-order valence-corrected chi connectivity index (χ1v) is 4.54. The highest BCUT2D eigenvalue weighted by molar-refractivity contribution is 5.24. The molecule has 0 bridgehead atoms. The van der Waals surface area contributed by atoms with Gasteiger partial charge in [0.2, 0.25) is 5.88 Å². The first-order valence-electron chi connectivity index (χ1n) is 4.54. The molecule has 0 fully saturated rings. The third-order valence-electron chi connectivity index (χ3n) is 1.86. The van der Waals surface area contributed by atoms with Crippen molar-refractivity contribution < 1.29 is 4.52 Å². The van der Waals surface area contributed by atoms with E-state index in [-0.39, 0.29) is 0 Å². The summed E-state index contributed by atoms with van der Waals surface area (Å²) in [5.74, 6) is 0.417. The van der Waals surface area contributed by atoms with Crippen LogP contribution in [-0.4, -0.2) is 5.16 Å². The number of aryl methyl sites for hydroxylation is 1. The third kappa shape index (κ3) is 2.95. The normalized spacial score (nSPS) is 10.4. The van der Waals surface area contributed by atoms with Crippen molar-refractivity contribution in [3.8, 4) is 0 Å². The summed E-state index contributed by atoms with van der Waals surface area (Å²) >= 11 is 0. The van der Waals surface area contributed by atoms with Gasteiger partial charge >= 0.3 is 0 Å². The molecular weight excluding hydrogens is 152 g/mol. The monoisotopic (exact) mass is 168 g/mol. The number of nitrogen functional groups attached to an aromatic ring is 1. The summed E-state index contributed by atoms with van der Waals surface area (Å²) in [6, 6.07) is 1.80. The zero-order chi connectivity index (χ0) is 8.81. The Hall–Kier alpha value is -0.990. The van der Waals surface area contributed by atoms with E-state index in [4.69, 9.17) is 10.3 Å². The molecule has 0 unspecified atom stereocenters. The average Bonchev–Trinajstić information content (AvgIpc) is 2.45. The molecule has 1 rings (SSSR count). The molecule has 3 heteroatoms. The molecule has 1 aromatic rings. The summed E-state index contributed by atoms with van der Waals surface area (Å²) in [4.78, 5) is 0. The van der Waals surface area contributed by atoms with Crippen molar-refractivity contribution in [2.75, 3.05) is 5.73 Å². The van der Waals surface area contributed by atoms with Gasteiger partial charge in [0.15, 0.2) is 0 Å². The highest BCUT2D eigenvalue weighted by Gasteiger charge is 1.99. The van der Waals surface area contributed by atoms with E-state index in [1.807, 2.05) is 0 Å². The lowest BCUT2D eigenvalue weighted by Crippen LogP contribution is -1.85. The van der Waals surface area contributed by atoms with Crippen molar-refractivity contribution in [2.24, 2.45) is 0 Å². The number of hydrogen-bond acceptors (Lipinski definition) is 3. The third-order valence-corrected chi connectivity index (χ3v) is 1.86. The predicted molar refractivity (Wildman–Crippen MR) is 48.8 cm³/mol. The lowest BCUT2D eigenvalue weighted by molar-refractivity contribution is 0.426. The summed E-state index contributed by atoms with van der Waals surface area (Å²) in [5.41, 5.74) is 6.36. The van der Waals surface area contributed by atoms with Crippen molar-refractivity contribution in [3.05, 3.63) is 11.8 Å². The number of nitrogens with zero attached hydrogens (tertiary/aromatic N) is 1. The van der Waals surface area contributed by atoms with Crippen molar-refractivity contribution in [1.82, 2.24) is 5.16 Å². The van der Waals surface area contributed by atoms with E-state index in [0.29, 0.717) is 5.88 Å². The summed E-state index contributed by atoms with van der Waals surface area (Å²) in [6.07, 6.45) is 6.00. The van der Waals surface area contributed by atoms with Crippen molar-refractivity contribution >= 4 is 5.88 Å². The van der Waals surface area contributed by atoms with E-state index in [1.165, 1.54) is 25.7 Å². The Morgan fingerprint density at radius 2 is 2.25 bits per heavy atom. The smallest absolute Gasteiger partial charge is 0.222 e. The molecule has 68 valence electrons. The first-order chi connectivity index (χ1) is 5.83. The molecule has 2 N–H and O–H groups in total. The van der Waals surface area contributed by atoms with Gasteiger partial charge in [-0.3, -0.25) is 0 Å². The van der Waals surface area contributed by atoms with Gasteiger partial charge in [-0.25, -0.2) is 0 Å². The molecule has 3 nitrogen and oxygen atoms in total. The summed E-state index contributed by atoms with van der Waals surface area (Å²) in [6.45, 7) is 2.20. The van der Waals surface area contributed by atoms with Crippen LogP contribution in [0.15, 0.2) is 10.6 Å². The van der Waals surface area contributed by atoms with Crippen LogP contribution in [-0.2, 0) is 6.42 Å². The zero-order valence-electron chi connectivity index (χ0n) is 7.55. The van der Waals surface area contributed by atoms with Gasteiger partial charge in [-0.15, -0.1) is 0 Å². The van der Waals surface area contributed by atoms with Gasteiger partial charge in [-0.2, -0.15) is 0 Å². The molecular formula is C9H16N2O. The van der Waals surface area contributed by atoms with Gasteiger partial charge in [-0.1, -0.05) is 31.3 Å². The summed E-state index contributed by atoms with van der Waals surface area (Å²) < 4.78 is 4.75. The van der Waals surface area contributed by atoms with Gasteiger partial charge in [-0.05, 0) is 12.8 Å². The molecule has 0 radical (unpaired) electrons. The maximum absolute atomic E-state index is 5.38. The number of hydrogen-bond donors (Lipinski definition) is 1. The first kappa shape index (κ1) is 9.10. The lowest BCUT2D eigenvalue weighted by atomic mass is 10.1. The van der Waals surface area contributed by atoms with E-state index < -0.39 is 0 Å². The second-order valence-electron chi connectivity index (χ2n) is 3.03. The standard InChI is InChI=1S/C9H16N2O/c1-2-3-4-5-6-8-7-9(10)12-11-8/h7H,2-6,10H2,1H3. The fourth-order valence-corrected chi connectivity index (χ4v) is 1.18. The van der Waals surface area contributed by atoms with Crippen LogP contribution < -0.4 is 5.73 Å². The van der Waals surface area contributed by atoms with Gasteiger partial charge in [0.1, 0.15) is 0 Å². The Kier molecular flexibility index (Phi) is 3.64. The average molecular weight is 168 g/mol. The van der Waals surface area contributed by atoms with Crippen LogP contribution in [0.3, 0.4) is 0 Å². The second-order valence-corrected chi connectivity index (χ2v) is 3.03. The molecule has 1 heterocycles. The van der Waals surface area contributed by atoms with Crippen LogP contribution in [0.2, 0.25) is 0 Å². The summed E-state index contributed by atoms with van der Waals surface area (Å²) in [7, 11) is 0. The van der Waals surface area contributed by atoms with Gasteiger partial charge in [0.05, 0.1) is 5.69 Å². The van der Waals surface area contributed by atoms with Gasteiger partial charge in [0, 0.05) is 6.07 Å². The van der Waals surface area contributed by atoms with Crippen LogP contribution >= 0.6 is 0 Å². The minimum atomic E-state index is 0.417. The Balaban J connectivity index is 2.15. The molecule has 1 aromatic heterocycles. The highest BCUT2D eigenvalue weighted by Crippen LogP contribution is 2.09. The van der Waals surface area contributed by atoms with Gasteiger partial charge < -0.3 is 10.3 Å². The van der Waals surface area contributed by atoms with Gasteiger partial charge in [0.25, 0.3) is 0 Å². The molecule has 0 amide bonds. The Morgan fingerprint density at radius 3 is 2.83 bits per heavy atom. The van der Waals surface area contributed by atoms with Crippen molar-refractivity contribution in [3.63, 3.8) is 0 Å². The van der Waals surface area contributed by atoms with Crippen LogP contribution in [0.1, 0.15) is 38.3 Å². The molecule has 0 aliphatic heterocycles. The molecule has 0 atom stereocenters. The number of rotatable bonds is 5. The maximum Gasteiger partial charge on any atom is 0.222 e. The van der Waals surface area contributed by atoms with Crippen LogP contribution in [0, 0.1) is 0 Å². The van der Waals surface area contributed by atoms with E-state index in [0.717, 1.165) is 12.1 Å². The molecule has 0 spiro atoms. The zero-order valence-corrected chi connectivity index (χ0v) is 7.55. The molecule has 12 heavy (non-hydrogen) atoms. The minimum absolute atomic E-state index is 0.417. The molecule has 0 aromatic carbocycles. The van der Waals surface area contributed by atoms with E-state index in [2.05, 4.69) is 12.1 Å². The Bertz CT molecular complexity index is 220. The van der Waals surface area contributed by atoms with E-state index >= 15 is 0 Å². The molecule has 0 aliphatic rings. The van der Waals surface area contributed by atoms with Crippen LogP contribution in [0.4, 0.5) is 5.88 Å². The molecule has 0 saturated carbocycles. The second kappa shape index (κ2) is 4.80. The van der Waals surface area contributed by atoms with Crippen molar-refractivity contribution in [1.29, 1.82) is 0 Å². The number of anilines is 1. The van der Waals surface area contributed by atoms with E-state index in [9.17, 15) is 0 Å². The topological polar surface area (TPSA) is 52.0 Å². The van der Waals surface area contributed by atoms with Crippen LogP contribution in [0.5, 0.6) is 0 Å². The highest BCUT2D eigenvalue weighted by atomic mass is 16.5. The number of nitrogens with two attached hydrogens (primary N) is 1. The number of unbranched alkanes of at least 4 members (excludes halogenated alkanes) is 3. The fraction of sp³-hybridized carbons (Fsp3) is 0.667. The molecule has 0 aliphatic carbocycles. The molecule has 0 saturated heterocycles. The Morgan fingerprint density at radius 1 is 1.42 bits per heavy atom. The quantitative estimate of drug-likeness (QED) is 0.687. The van der Waals surface area contributed by atoms with E-state index in [1.54, 1.807) is 6.07 Å². The largest absolute Gasteiger partial charge is 0.368 e. The van der Waals surface area contributed by atoms with Crippen LogP contribution in [0.25, 0.3) is 0 Å². The summed E-state index contributed by atoms with van der Waals surface area (Å²) in [5, 5.41) is 3.81. The fourth-order valence-electron chi connectivity index (χ4n) is 1.18. The Labute approximate surface area is 72.9 Å². The SMILES string of the molecule is CCCCCCc1cc(N)on1.